The van der Waals surface area contributed by atoms with Crippen molar-refractivity contribution in [2.75, 3.05) is 0 Å². The lowest BCUT2D eigenvalue weighted by atomic mass is 9.98. The summed E-state index contributed by atoms with van der Waals surface area (Å²) in [7, 11) is 0. The van der Waals surface area contributed by atoms with E-state index in [4.69, 9.17) is 0 Å². The topological polar surface area (TPSA) is 0 Å². The molecular weight excluding hydrogens is 376 g/mol. The third-order valence-electron chi connectivity index (χ3n) is 3.49. The molecule has 0 nitrogen and oxygen atoms in total. The molecule has 0 bridgehead atoms. The first-order valence-corrected chi connectivity index (χ1v) is 8.31. The van der Waals surface area contributed by atoms with Crippen molar-refractivity contribution >= 4 is 42.6 Å². The molecule has 20 heavy (non-hydrogen) atoms. The van der Waals surface area contributed by atoms with Crippen molar-refractivity contribution in [2.24, 2.45) is 0 Å². The zero-order chi connectivity index (χ0) is 13.9. The van der Waals surface area contributed by atoms with Crippen molar-refractivity contribution in [1.82, 2.24) is 0 Å². The van der Waals surface area contributed by atoms with Crippen molar-refractivity contribution < 1.29 is 0 Å². The van der Waals surface area contributed by atoms with Crippen molar-refractivity contribution in [2.45, 2.75) is 11.2 Å². The van der Waals surface area contributed by atoms with E-state index in [2.05, 4.69) is 98.6 Å². The van der Waals surface area contributed by atoms with Gasteiger partial charge in [0.1, 0.15) is 0 Å². The van der Waals surface area contributed by atoms with E-state index < -0.39 is 0 Å². The normalized spacial score (nSPS) is 12.5. The Hall–Kier alpha value is -1.12. The number of hydrogen-bond acceptors (Lipinski definition) is 0. The third kappa shape index (κ3) is 2.97. The average Bonchev–Trinajstić information content (AvgIpc) is 2.47. The highest BCUT2D eigenvalue weighted by molar-refractivity contribution is 9.10. The van der Waals surface area contributed by atoms with Crippen LogP contribution in [0.1, 0.15) is 16.0 Å². The first-order valence-electron chi connectivity index (χ1n) is 6.60. The molecular formula is C18H14Br2. The van der Waals surface area contributed by atoms with E-state index in [0.717, 1.165) is 10.9 Å². The van der Waals surface area contributed by atoms with Gasteiger partial charge in [0.25, 0.3) is 0 Å². The van der Waals surface area contributed by atoms with E-state index >= 15 is 0 Å². The van der Waals surface area contributed by atoms with Gasteiger partial charge < -0.3 is 0 Å². The maximum Gasteiger partial charge on any atom is 0.0436 e. The molecule has 0 fully saturated rings. The Balaban J connectivity index is 1.93. The van der Waals surface area contributed by atoms with E-state index in [1.807, 2.05) is 0 Å². The Morgan fingerprint density at radius 3 is 2.45 bits per heavy atom. The quantitative estimate of drug-likeness (QED) is 0.462. The lowest BCUT2D eigenvalue weighted by Gasteiger charge is -2.13. The standard InChI is InChI=1S/C18H14Br2/c19-16-9-4-8-15(11-16)18(20)12-14-7-3-6-13-5-1-2-10-17(13)14/h1-11,18H,12H2. The van der Waals surface area contributed by atoms with Crippen LogP contribution in [0.5, 0.6) is 0 Å². The highest BCUT2D eigenvalue weighted by atomic mass is 79.9. The summed E-state index contributed by atoms with van der Waals surface area (Å²) in [4.78, 5) is 0.325. The summed E-state index contributed by atoms with van der Waals surface area (Å²) in [6.45, 7) is 0. The van der Waals surface area contributed by atoms with Gasteiger partial charge in [0.15, 0.2) is 0 Å². The van der Waals surface area contributed by atoms with Gasteiger partial charge in [-0.15, -0.1) is 0 Å². The first kappa shape index (κ1) is 13.8. The van der Waals surface area contributed by atoms with Crippen LogP contribution < -0.4 is 0 Å². The molecule has 1 atom stereocenters. The van der Waals surface area contributed by atoms with Crippen LogP contribution in [-0.2, 0) is 6.42 Å². The smallest absolute Gasteiger partial charge is 0.0436 e. The Labute approximate surface area is 136 Å². The summed E-state index contributed by atoms with van der Waals surface area (Å²) in [5.74, 6) is 0. The van der Waals surface area contributed by atoms with Gasteiger partial charge in [-0.25, -0.2) is 0 Å². The maximum atomic E-state index is 3.82. The van der Waals surface area contributed by atoms with Gasteiger partial charge in [-0.3, -0.25) is 0 Å². The van der Waals surface area contributed by atoms with Crippen LogP contribution in [0, 0.1) is 0 Å². The van der Waals surface area contributed by atoms with Gasteiger partial charge in [0.2, 0.25) is 0 Å². The van der Waals surface area contributed by atoms with Gasteiger partial charge in [-0.1, -0.05) is 86.5 Å². The predicted molar refractivity (Wildman–Crippen MR) is 93.5 cm³/mol. The fraction of sp³-hybridized carbons (Fsp3) is 0.111. The monoisotopic (exact) mass is 388 g/mol. The number of benzene rings is 3. The molecule has 0 radical (unpaired) electrons. The summed E-state index contributed by atoms with van der Waals surface area (Å²) < 4.78 is 1.12. The number of fused-ring (bicyclic) bond motifs is 1. The van der Waals surface area contributed by atoms with Crippen LogP contribution in [-0.4, -0.2) is 0 Å². The zero-order valence-electron chi connectivity index (χ0n) is 10.9. The van der Waals surface area contributed by atoms with Crippen molar-refractivity contribution in [1.29, 1.82) is 0 Å². The number of halogens is 2. The molecule has 100 valence electrons. The first-order chi connectivity index (χ1) is 9.74. The van der Waals surface area contributed by atoms with Gasteiger partial charge in [0.05, 0.1) is 0 Å². The summed E-state index contributed by atoms with van der Waals surface area (Å²) in [6, 6.07) is 23.6. The molecule has 3 rings (SSSR count). The summed E-state index contributed by atoms with van der Waals surface area (Å²) in [5.41, 5.74) is 2.68. The zero-order valence-corrected chi connectivity index (χ0v) is 14.1. The van der Waals surface area contributed by atoms with Gasteiger partial charge in [-0.2, -0.15) is 0 Å². The van der Waals surface area contributed by atoms with Crippen LogP contribution in [0.4, 0.5) is 0 Å². The molecule has 0 saturated carbocycles. The minimum absolute atomic E-state index is 0.325. The molecule has 0 aliphatic carbocycles. The van der Waals surface area contributed by atoms with Crippen LogP contribution in [0.15, 0.2) is 71.2 Å². The molecule has 0 spiro atoms. The Kier molecular flexibility index (Phi) is 4.23. The van der Waals surface area contributed by atoms with Crippen LogP contribution >= 0.6 is 31.9 Å². The van der Waals surface area contributed by atoms with Crippen LogP contribution in [0.2, 0.25) is 0 Å². The van der Waals surface area contributed by atoms with Crippen LogP contribution in [0.3, 0.4) is 0 Å². The van der Waals surface area contributed by atoms with Gasteiger partial charge >= 0.3 is 0 Å². The molecule has 0 N–H and O–H groups in total. The minimum Gasteiger partial charge on any atom is -0.0835 e. The summed E-state index contributed by atoms with van der Waals surface area (Å²) in [5, 5.41) is 2.65. The molecule has 2 heteroatoms. The number of rotatable bonds is 3. The van der Waals surface area contributed by atoms with Crippen molar-refractivity contribution in [3.8, 4) is 0 Å². The fourth-order valence-electron chi connectivity index (χ4n) is 2.48. The molecule has 0 aliphatic rings. The molecule has 0 amide bonds. The summed E-state index contributed by atoms with van der Waals surface area (Å²) in [6.07, 6.45) is 0.984. The second-order valence-electron chi connectivity index (χ2n) is 4.86. The maximum absolute atomic E-state index is 3.82. The largest absolute Gasteiger partial charge is 0.0835 e. The average molecular weight is 390 g/mol. The highest BCUT2D eigenvalue weighted by Crippen LogP contribution is 2.31. The second kappa shape index (κ2) is 6.11. The molecule has 1 unspecified atom stereocenters. The van der Waals surface area contributed by atoms with Crippen molar-refractivity contribution in [3.05, 3.63) is 82.3 Å². The Bertz CT molecular complexity index is 729. The molecule has 3 aromatic carbocycles. The van der Waals surface area contributed by atoms with Crippen molar-refractivity contribution in [3.63, 3.8) is 0 Å². The summed E-state index contributed by atoms with van der Waals surface area (Å²) >= 11 is 7.36. The number of alkyl halides is 1. The predicted octanol–water partition coefficient (Wildman–Crippen LogP) is 6.28. The van der Waals surface area contributed by atoms with E-state index in [-0.39, 0.29) is 0 Å². The lowest BCUT2D eigenvalue weighted by molar-refractivity contribution is 0.956. The van der Waals surface area contributed by atoms with Gasteiger partial charge in [-0.05, 0) is 40.5 Å². The third-order valence-corrected chi connectivity index (χ3v) is 4.84. The molecule has 0 saturated heterocycles. The SMILES string of the molecule is Brc1cccc(C(Br)Cc2cccc3ccccc23)c1. The van der Waals surface area contributed by atoms with E-state index in [1.54, 1.807) is 0 Å². The Morgan fingerprint density at radius 1 is 0.850 bits per heavy atom. The van der Waals surface area contributed by atoms with E-state index in [9.17, 15) is 0 Å². The van der Waals surface area contributed by atoms with Crippen LogP contribution in [0.25, 0.3) is 10.8 Å². The van der Waals surface area contributed by atoms with E-state index in [0.29, 0.717) is 4.83 Å². The molecule has 3 aromatic rings. The molecule has 0 aliphatic heterocycles. The second-order valence-corrected chi connectivity index (χ2v) is 6.89. The highest BCUT2D eigenvalue weighted by Gasteiger charge is 2.10. The fourth-order valence-corrected chi connectivity index (χ4v) is 3.53. The van der Waals surface area contributed by atoms with Gasteiger partial charge in [0, 0.05) is 9.30 Å². The Morgan fingerprint density at radius 2 is 1.60 bits per heavy atom. The number of hydrogen-bond donors (Lipinski definition) is 0. The minimum atomic E-state index is 0.325. The van der Waals surface area contributed by atoms with E-state index in [1.165, 1.54) is 21.9 Å². The molecule has 0 aromatic heterocycles. The lowest BCUT2D eigenvalue weighted by Crippen LogP contribution is -1.96. The molecule has 0 heterocycles.